The third kappa shape index (κ3) is 2.81. The smallest absolute Gasteiger partial charge is 0.00229 e. The standard InChI is InChI=1S/C8H10BrP/c1-10(9)7-8-5-3-2-4-6-8/h2-6H,7H2,1H3. The second-order valence-corrected chi connectivity index (χ2v) is 7.41. The summed E-state index contributed by atoms with van der Waals surface area (Å²) >= 11 is 3.58. The van der Waals surface area contributed by atoms with E-state index in [1.165, 1.54) is 11.7 Å². The summed E-state index contributed by atoms with van der Waals surface area (Å²) in [6.07, 6.45) is 1.18. The van der Waals surface area contributed by atoms with Crippen LogP contribution in [0.1, 0.15) is 5.56 Å². The number of halogens is 1. The molecule has 0 saturated heterocycles. The van der Waals surface area contributed by atoms with Gasteiger partial charge in [0.15, 0.2) is 0 Å². The Kier molecular flexibility index (Phi) is 3.37. The average Bonchev–Trinajstić information content (AvgIpc) is 1.88. The molecule has 1 atom stereocenters. The van der Waals surface area contributed by atoms with E-state index >= 15 is 0 Å². The maximum atomic E-state index is 3.58. The monoisotopic (exact) mass is 216 g/mol. The quantitative estimate of drug-likeness (QED) is 0.663. The first-order valence-electron chi connectivity index (χ1n) is 3.20. The van der Waals surface area contributed by atoms with Crippen molar-refractivity contribution >= 4 is 22.1 Å². The van der Waals surface area contributed by atoms with E-state index in [-0.39, 0.29) is 6.62 Å². The molecule has 0 fully saturated rings. The van der Waals surface area contributed by atoms with Crippen LogP contribution in [0.3, 0.4) is 0 Å². The third-order valence-electron chi connectivity index (χ3n) is 1.24. The van der Waals surface area contributed by atoms with Gasteiger partial charge in [-0.15, -0.1) is 0 Å². The van der Waals surface area contributed by atoms with Gasteiger partial charge >= 0.3 is 0 Å². The lowest BCUT2D eigenvalue weighted by Gasteiger charge is -2.01. The van der Waals surface area contributed by atoms with E-state index in [0.29, 0.717) is 0 Å². The van der Waals surface area contributed by atoms with Crippen molar-refractivity contribution in [2.24, 2.45) is 0 Å². The Hall–Kier alpha value is 0.130. The van der Waals surface area contributed by atoms with Crippen molar-refractivity contribution in [2.45, 2.75) is 6.16 Å². The van der Waals surface area contributed by atoms with Gasteiger partial charge in [-0.05, 0) is 18.9 Å². The molecular formula is C8H10BrP. The van der Waals surface area contributed by atoms with Gasteiger partial charge in [0.2, 0.25) is 0 Å². The molecule has 0 aliphatic carbocycles. The number of hydrogen-bond acceptors (Lipinski definition) is 0. The van der Waals surface area contributed by atoms with Crippen LogP contribution in [0, 0.1) is 0 Å². The SMILES string of the molecule is CP(Br)Cc1ccccc1. The van der Waals surface area contributed by atoms with Crippen molar-refractivity contribution in [3.8, 4) is 0 Å². The molecule has 2 heteroatoms. The zero-order valence-corrected chi connectivity index (χ0v) is 8.40. The van der Waals surface area contributed by atoms with Gasteiger partial charge in [-0.25, -0.2) is 0 Å². The maximum Gasteiger partial charge on any atom is 0.00229 e. The molecule has 0 spiro atoms. The van der Waals surface area contributed by atoms with Gasteiger partial charge in [-0.1, -0.05) is 45.8 Å². The molecule has 1 unspecified atom stereocenters. The molecule has 1 aromatic rings. The van der Waals surface area contributed by atoms with Crippen LogP contribution in [0.15, 0.2) is 30.3 Å². The van der Waals surface area contributed by atoms with Crippen molar-refractivity contribution in [3.63, 3.8) is 0 Å². The highest BCUT2D eigenvalue weighted by molar-refractivity contribution is 9.39. The molecule has 0 aliphatic heterocycles. The second-order valence-electron chi connectivity index (χ2n) is 2.25. The third-order valence-corrected chi connectivity index (χ3v) is 2.80. The summed E-state index contributed by atoms with van der Waals surface area (Å²) in [5, 5.41) is 0. The Labute approximate surface area is 71.1 Å². The van der Waals surface area contributed by atoms with Crippen molar-refractivity contribution in [1.82, 2.24) is 0 Å². The minimum absolute atomic E-state index is 0.0358. The largest absolute Gasteiger partial charge is 0.0622 e. The maximum absolute atomic E-state index is 3.58. The Bertz CT molecular complexity index is 184. The molecule has 0 saturated carbocycles. The van der Waals surface area contributed by atoms with Gasteiger partial charge in [-0.2, -0.15) is 0 Å². The van der Waals surface area contributed by atoms with E-state index in [1.54, 1.807) is 0 Å². The zero-order chi connectivity index (χ0) is 7.40. The van der Waals surface area contributed by atoms with E-state index in [1.807, 2.05) is 0 Å². The Morgan fingerprint density at radius 3 is 2.40 bits per heavy atom. The molecule has 1 rings (SSSR count). The normalized spacial score (nSPS) is 13.0. The van der Waals surface area contributed by atoms with E-state index in [9.17, 15) is 0 Å². The Morgan fingerprint density at radius 2 is 1.90 bits per heavy atom. The van der Waals surface area contributed by atoms with Crippen molar-refractivity contribution in [1.29, 1.82) is 0 Å². The highest BCUT2D eigenvalue weighted by Crippen LogP contribution is 2.42. The van der Waals surface area contributed by atoms with Crippen LogP contribution in [0.25, 0.3) is 0 Å². The molecule has 54 valence electrons. The second kappa shape index (κ2) is 4.10. The highest BCUT2D eigenvalue weighted by atomic mass is 79.9. The average molecular weight is 217 g/mol. The molecule has 0 aliphatic rings. The lowest BCUT2D eigenvalue weighted by Crippen LogP contribution is -1.76. The molecule has 0 aromatic heterocycles. The number of benzene rings is 1. The van der Waals surface area contributed by atoms with Crippen LogP contribution in [0.2, 0.25) is 0 Å². The van der Waals surface area contributed by atoms with Gasteiger partial charge in [-0.3, -0.25) is 0 Å². The predicted octanol–water partition coefficient (Wildman–Crippen LogP) is 3.61. The molecule has 10 heavy (non-hydrogen) atoms. The summed E-state index contributed by atoms with van der Waals surface area (Å²) in [7, 11) is 0. The summed E-state index contributed by atoms with van der Waals surface area (Å²) in [6.45, 7) is 2.26. The first-order chi connectivity index (χ1) is 4.79. The predicted molar refractivity (Wildman–Crippen MR) is 51.9 cm³/mol. The van der Waals surface area contributed by atoms with Gasteiger partial charge in [0.1, 0.15) is 0 Å². The highest BCUT2D eigenvalue weighted by Gasteiger charge is 1.95. The van der Waals surface area contributed by atoms with Crippen LogP contribution in [0.5, 0.6) is 0 Å². The first-order valence-corrected chi connectivity index (χ1v) is 7.19. The van der Waals surface area contributed by atoms with E-state index in [0.717, 1.165) is 0 Å². The van der Waals surface area contributed by atoms with Crippen LogP contribution in [-0.4, -0.2) is 6.66 Å². The van der Waals surface area contributed by atoms with E-state index in [2.05, 4.69) is 52.5 Å². The number of hydrogen-bond donors (Lipinski definition) is 0. The molecule has 0 bridgehead atoms. The van der Waals surface area contributed by atoms with Crippen molar-refractivity contribution in [2.75, 3.05) is 6.66 Å². The van der Waals surface area contributed by atoms with Gasteiger partial charge < -0.3 is 0 Å². The summed E-state index contributed by atoms with van der Waals surface area (Å²) in [5.74, 6) is 0. The van der Waals surface area contributed by atoms with Crippen LogP contribution < -0.4 is 0 Å². The Balaban J connectivity index is 2.59. The van der Waals surface area contributed by atoms with Crippen LogP contribution in [0.4, 0.5) is 0 Å². The van der Waals surface area contributed by atoms with E-state index < -0.39 is 0 Å². The van der Waals surface area contributed by atoms with E-state index in [4.69, 9.17) is 0 Å². The van der Waals surface area contributed by atoms with Crippen molar-refractivity contribution < 1.29 is 0 Å². The summed E-state index contributed by atoms with van der Waals surface area (Å²) in [4.78, 5) is 0. The van der Waals surface area contributed by atoms with Crippen LogP contribution in [-0.2, 0) is 6.16 Å². The molecule has 0 amide bonds. The van der Waals surface area contributed by atoms with Gasteiger partial charge in [0, 0.05) is 6.16 Å². The molecule has 1 aromatic carbocycles. The number of rotatable bonds is 2. The molecule has 0 heterocycles. The fourth-order valence-electron chi connectivity index (χ4n) is 0.835. The minimum Gasteiger partial charge on any atom is -0.0622 e. The van der Waals surface area contributed by atoms with Gasteiger partial charge in [0.05, 0.1) is 0 Å². The lowest BCUT2D eigenvalue weighted by atomic mass is 10.2. The lowest BCUT2D eigenvalue weighted by molar-refractivity contribution is 1.41. The fourth-order valence-corrected chi connectivity index (χ4v) is 2.42. The fraction of sp³-hybridized carbons (Fsp3) is 0.250. The molecular weight excluding hydrogens is 207 g/mol. The summed E-state index contributed by atoms with van der Waals surface area (Å²) < 4.78 is 0. The minimum atomic E-state index is 0.0358. The molecule has 0 nitrogen and oxygen atoms in total. The van der Waals surface area contributed by atoms with Gasteiger partial charge in [0.25, 0.3) is 0 Å². The summed E-state index contributed by atoms with van der Waals surface area (Å²) in [6, 6.07) is 10.6. The van der Waals surface area contributed by atoms with Crippen LogP contribution >= 0.6 is 22.1 Å². The van der Waals surface area contributed by atoms with Crippen molar-refractivity contribution in [3.05, 3.63) is 35.9 Å². The zero-order valence-electron chi connectivity index (χ0n) is 5.92. The topological polar surface area (TPSA) is 0 Å². The molecule has 0 radical (unpaired) electrons. The Morgan fingerprint density at radius 1 is 1.30 bits per heavy atom. The first kappa shape index (κ1) is 8.23. The molecule has 0 N–H and O–H groups in total. The summed E-state index contributed by atoms with van der Waals surface area (Å²) in [5.41, 5.74) is 1.42.